The molecule has 0 atom stereocenters. The topological polar surface area (TPSA) is 59.5 Å². The quantitative estimate of drug-likeness (QED) is 0.846. The van der Waals surface area contributed by atoms with Gasteiger partial charge in [0.25, 0.3) is 0 Å². The normalized spacial score (nSPS) is 9.30. The van der Waals surface area contributed by atoms with E-state index in [9.17, 15) is 0 Å². The summed E-state index contributed by atoms with van der Waals surface area (Å²) in [5, 5.41) is 3.12. The fourth-order valence-electron chi connectivity index (χ4n) is 1.50. The zero-order valence-corrected chi connectivity index (χ0v) is 12.2. The SMILES string of the molecule is COCCN(C)c1nc(-c2ccccc2)cs1.O=C=O. The van der Waals surface area contributed by atoms with Gasteiger partial charge in [0, 0.05) is 31.6 Å². The number of benzene rings is 1. The summed E-state index contributed by atoms with van der Waals surface area (Å²) in [6.07, 6.45) is 0.250. The molecule has 20 heavy (non-hydrogen) atoms. The first-order chi connectivity index (χ1) is 9.72. The number of hydrogen-bond donors (Lipinski definition) is 0. The van der Waals surface area contributed by atoms with Crippen molar-refractivity contribution in [2.45, 2.75) is 0 Å². The number of rotatable bonds is 5. The summed E-state index contributed by atoms with van der Waals surface area (Å²) in [5.74, 6) is 0. The predicted octanol–water partition coefficient (Wildman–Crippen LogP) is 2.31. The summed E-state index contributed by atoms with van der Waals surface area (Å²) in [6, 6.07) is 10.2. The Morgan fingerprint density at radius 1 is 1.30 bits per heavy atom. The fraction of sp³-hybridized carbons (Fsp3) is 0.286. The number of thiazole rings is 1. The van der Waals surface area contributed by atoms with Crippen LogP contribution in [0.4, 0.5) is 5.13 Å². The zero-order chi connectivity index (χ0) is 14.8. The van der Waals surface area contributed by atoms with Gasteiger partial charge in [0.2, 0.25) is 0 Å². The maximum atomic E-state index is 8.12. The lowest BCUT2D eigenvalue weighted by Crippen LogP contribution is -2.21. The lowest BCUT2D eigenvalue weighted by Gasteiger charge is -2.14. The second-order valence-electron chi connectivity index (χ2n) is 3.88. The summed E-state index contributed by atoms with van der Waals surface area (Å²) >= 11 is 1.66. The van der Waals surface area contributed by atoms with Crippen molar-refractivity contribution in [3.8, 4) is 11.3 Å². The molecule has 0 fully saturated rings. The van der Waals surface area contributed by atoms with Crippen LogP contribution in [-0.2, 0) is 14.3 Å². The van der Waals surface area contributed by atoms with Crippen LogP contribution in [0.15, 0.2) is 35.7 Å². The first kappa shape index (κ1) is 16.0. The van der Waals surface area contributed by atoms with Crippen molar-refractivity contribution in [3.63, 3.8) is 0 Å². The van der Waals surface area contributed by atoms with E-state index in [4.69, 9.17) is 14.3 Å². The van der Waals surface area contributed by atoms with Gasteiger partial charge in [-0.1, -0.05) is 30.3 Å². The number of aromatic nitrogens is 1. The lowest BCUT2D eigenvalue weighted by atomic mass is 10.2. The average molecular weight is 292 g/mol. The van der Waals surface area contributed by atoms with Crippen LogP contribution < -0.4 is 4.90 Å². The molecule has 106 valence electrons. The molecule has 0 aliphatic carbocycles. The number of likely N-dealkylation sites (N-methyl/N-ethyl adjacent to an activating group) is 1. The molecular formula is C14H16N2O3S. The third kappa shape index (κ3) is 4.93. The summed E-state index contributed by atoms with van der Waals surface area (Å²) in [4.78, 5) is 23.0. The molecule has 0 aliphatic rings. The Morgan fingerprint density at radius 2 is 1.95 bits per heavy atom. The molecule has 0 spiro atoms. The van der Waals surface area contributed by atoms with Crippen molar-refractivity contribution in [3.05, 3.63) is 35.7 Å². The summed E-state index contributed by atoms with van der Waals surface area (Å²) in [5.41, 5.74) is 2.20. The van der Waals surface area contributed by atoms with Crippen molar-refractivity contribution in [2.75, 3.05) is 32.2 Å². The standard InChI is InChI=1S/C13H16N2OS.CO2/c1-15(8-9-16-2)13-14-12(10-17-13)11-6-4-3-5-7-11;2-1-3/h3-7,10H,8-9H2,1-2H3;. The highest BCUT2D eigenvalue weighted by atomic mass is 32.1. The minimum absolute atomic E-state index is 0.250. The first-order valence-corrected chi connectivity index (χ1v) is 6.81. The molecule has 0 saturated carbocycles. The van der Waals surface area contributed by atoms with Gasteiger partial charge in [-0.15, -0.1) is 11.3 Å². The molecule has 0 N–H and O–H groups in total. The Bertz CT molecular complexity index is 536. The van der Waals surface area contributed by atoms with Gasteiger partial charge in [-0.05, 0) is 0 Å². The van der Waals surface area contributed by atoms with E-state index in [2.05, 4.69) is 27.4 Å². The molecule has 1 aromatic heterocycles. The summed E-state index contributed by atoms with van der Waals surface area (Å²) < 4.78 is 5.06. The van der Waals surface area contributed by atoms with E-state index in [-0.39, 0.29) is 6.15 Å². The maximum Gasteiger partial charge on any atom is 0.373 e. The van der Waals surface area contributed by atoms with E-state index >= 15 is 0 Å². The second-order valence-corrected chi connectivity index (χ2v) is 4.72. The number of anilines is 1. The van der Waals surface area contributed by atoms with E-state index < -0.39 is 0 Å². The van der Waals surface area contributed by atoms with Gasteiger partial charge in [0.1, 0.15) is 0 Å². The maximum absolute atomic E-state index is 8.12. The van der Waals surface area contributed by atoms with Gasteiger partial charge < -0.3 is 9.64 Å². The van der Waals surface area contributed by atoms with Gasteiger partial charge in [-0.2, -0.15) is 9.59 Å². The van der Waals surface area contributed by atoms with E-state index in [1.165, 1.54) is 0 Å². The van der Waals surface area contributed by atoms with Crippen molar-refractivity contribution in [1.82, 2.24) is 4.98 Å². The summed E-state index contributed by atoms with van der Waals surface area (Å²) in [6.45, 7) is 1.58. The van der Waals surface area contributed by atoms with E-state index in [1.807, 2.05) is 25.2 Å². The van der Waals surface area contributed by atoms with Crippen molar-refractivity contribution >= 4 is 22.6 Å². The molecule has 0 saturated heterocycles. The van der Waals surface area contributed by atoms with Gasteiger partial charge in [-0.25, -0.2) is 4.98 Å². The van der Waals surface area contributed by atoms with E-state index in [0.717, 1.165) is 29.5 Å². The molecule has 6 heteroatoms. The van der Waals surface area contributed by atoms with Gasteiger partial charge in [0.05, 0.1) is 12.3 Å². The Kier molecular flexibility index (Phi) is 7.21. The third-order valence-corrected chi connectivity index (χ3v) is 3.47. The molecule has 0 amide bonds. The molecule has 1 aromatic carbocycles. The van der Waals surface area contributed by atoms with Crippen LogP contribution in [0.25, 0.3) is 11.3 Å². The van der Waals surface area contributed by atoms with Crippen LogP contribution in [0.1, 0.15) is 0 Å². The van der Waals surface area contributed by atoms with Crippen LogP contribution >= 0.6 is 11.3 Å². The van der Waals surface area contributed by atoms with Crippen molar-refractivity contribution in [2.24, 2.45) is 0 Å². The molecule has 0 unspecified atom stereocenters. The minimum Gasteiger partial charge on any atom is -0.383 e. The molecule has 5 nitrogen and oxygen atoms in total. The highest BCUT2D eigenvalue weighted by molar-refractivity contribution is 7.14. The number of hydrogen-bond acceptors (Lipinski definition) is 6. The fourth-order valence-corrected chi connectivity index (χ4v) is 2.33. The first-order valence-electron chi connectivity index (χ1n) is 5.93. The Morgan fingerprint density at radius 3 is 2.55 bits per heavy atom. The predicted molar refractivity (Wildman–Crippen MR) is 77.7 cm³/mol. The van der Waals surface area contributed by atoms with Crippen LogP contribution in [0.3, 0.4) is 0 Å². The molecule has 2 rings (SSSR count). The molecule has 2 aromatic rings. The number of nitrogens with zero attached hydrogens (tertiary/aromatic N) is 2. The Hall–Kier alpha value is -2.01. The number of methoxy groups -OCH3 is 1. The van der Waals surface area contributed by atoms with Crippen molar-refractivity contribution in [1.29, 1.82) is 0 Å². The van der Waals surface area contributed by atoms with E-state index in [0.29, 0.717) is 0 Å². The smallest absolute Gasteiger partial charge is 0.373 e. The van der Waals surface area contributed by atoms with Gasteiger partial charge in [-0.3, -0.25) is 0 Å². The monoisotopic (exact) mass is 292 g/mol. The van der Waals surface area contributed by atoms with Crippen LogP contribution in [0, 0.1) is 0 Å². The Labute approximate surface area is 121 Å². The zero-order valence-electron chi connectivity index (χ0n) is 11.4. The molecular weight excluding hydrogens is 276 g/mol. The molecule has 0 bridgehead atoms. The lowest BCUT2D eigenvalue weighted by molar-refractivity contribution is -0.191. The largest absolute Gasteiger partial charge is 0.383 e. The van der Waals surface area contributed by atoms with Crippen LogP contribution in [0.5, 0.6) is 0 Å². The van der Waals surface area contributed by atoms with Gasteiger partial charge >= 0.3 is 6.15 Å². The highest BCUT2D eigenvalue weighted by Crippen LogP contribution is 2.26. The minimum atomic E-state index is 0.250. The van der Waals surface area contributed by atoms with Crippen LogP contribution in [-0.4, -0.2) is 38.4 Å². The summed E-state index contributed by atoms with van der Waals surface area (Å²) in [7, 11) is 3.75. The average Bonchev–Trinajstić information content (AvgIpc) is 2.96. The third-order valence-electron chi connectivity index (χ3n) is 2.52. The molecule has 1 heterocycles. The highest BCUT2D eigenvalue weighted by Gasteiger charge is 2.07. The van der Waals surface area contributed by atoms with Crippen molar-refractivity contribution < 1.29 is 14.3 Å². The van der Waals surface area contributed by atoms with Crippen LogP contribution in [0.2, 0.25) is 0 Å². The Balaban J connectivity index is 0.000000612. The molecule has 0 aliphatic heterocycles. The van der Waals surface area contributed by atoms with E-state index in [1.54, 1.807) is 18.4 Å². The number of ether oxygens (including phenoxy) is 1. The van der Waals surface area contributed by atoms with Gasteiger partial charge in [0.15, 0.2) is 5.13 Å². The molecule has 0 radical (unpaired) electrons. The number of carbonyl (C=O) groups excluding carboxylic acids is 2. The second kappa shape index (κ2) is 8.98.